The summed E-state index contributed by atoms with van der Waals surface area (Å²) in [5, 5.41) is 7.19. The van der Waals surface area contributed by atoms with Gasteiger partial charge in [0.2, 0.25) is 0 Å². The number of aromatic amines is 1. The van der Waals surface area contributed by atoms with Crippen molar-refractivity contribution in [3.05, 3.63) is 41.8 Å². The van der Waals surface area contributed by atoms with Gasteiger partial charge in [0.05, 0.1) is 11.9 Å². The monoisotopic (exact) mass is 288 g/mol. The minimum atomic E-state index is -0.211. The highest BCUT2D eigenvalue weighted by Gasteiger charge is 2.15. The van der Waals surface area contributed by atoms with Gasteiger partial charge in [0.1, 0.15) is 5.82 Å². The van der Waals surface area contributed by atoms with Gasteiger partial charge in [-0.25, -0.2) is 4.39 Å². The largest absolute Gasteiger partial charge is 0.304 e. The van der Waals surface area contributed by atoms with Gasteiger partial charge in [-0.1, -0.05) is 0 Å². The minimum Gasteiger partial charge on any atom is -0.304 e. The summed E-state index contributed by atoms with van der Waals surface area (Å²) in [4.78, 5) is 4.85. The number of hydrogen-bond acceptors (Lipinski definition) is 3. The fourth-order valence-corrected chi connectivity index (χ4v) is 2.72. The fourth-order valence-electron chi connectivity index (χ4n) is 2.72. The van der Waals surface area contributed by atoms with E-state index < -0.39 is 0 Å². The van der Waals surface area contributed by atoms with Crippen molar-refractivity contribution >= 4 is 0 Å². The van der Waals surface area contributed by atoms with Crippen LogP contribution in [-0.4, -0.2) is 59.8 Å². The maximum atomic E-state index is 13.0. The molecule has 0 atom stereocenters. The molecule has 0 aliphatic carbocycles. The maximum Gasteiger partial charge on any atom is 0.123 e. The Hall–Kier alpha value is -1.72. The van der Waals surface area contributed by atoms with Gasteiger partial charge in [-0.05, 0) is 43.3 Å². The summed E-state index contributed by atoms with van der Waals surface area (Å²) in [7, 11) is 2.17. The lowest BCUT2D eigenvalue weighted by Gasteiger charge is -2.32. The smallest absolute Gasteiger partial charge is 0.123 e. The van der Waals surface area contributed by atoms with E-state index in [2.05, 4.69) is 27.0 Å². The first-order valence-electron chi connectivity index (χ1n) is 7.41. The van der Waals surface area contributed by atoms with Crippen molar-refractivity contribution in [3.63, 3.8) is 0 Å². The van der Waals surface area contributed by atoms with Crippen molar-refractivity contribution < 1.29 is 4.39 Å². The fraction of sp³-hybridized carbons (Fsp3) is 0.438. The van der Waals surface area contributed by atoms with Gasteiger partial charge in [-0.15, -0.1) is 0 Å². The Bertz CT molecular complexity index is 570. The van der Waals surface area contributed by atoms with Crippen LogP contribution in [0.2, 0.25) is 0 Å². The van der Waals surface area contributed by atoms with Crippen molar-refractivity contribution in [2.24, 2.45) is 0 Å². The van der Waals surface area contributed by atoms with E-state index in [0.29, 0.717) is 0 Å². The predicted octanol–water partition coefficient (Wildman–Crippen LogP) is 2.01. The van der Waals surface area contributed by atoms with Crippen LogP contribution >= 0.6 is 0 Å². The summed E-state index contributed by atoms with van der Waals surface area (Å²) >= 11 is 0. The quantitative estimate of drug-likeness (QED) is 0.934. The number of halogens is 1. The number of likely N-dealkylation sites (N-methyl/N-ethyl adjacent to an activating group) is 1. The van der Waals surface area contributed by atoms with Gasteiger partial charge >= 0.3 is 0 Å². The molecule has 0 spiro atoms. The molecule has 2 aromatic rings. The van der Waals surface area contributed by atoms with Crippen LogP contribution in [0.5, 0.6) is 0 Å². The van der Waals surface area contributed by atoms with E-state index in [1.54, 1.807) is 12.1 Å². The van der Waals surface area contributed by atoms with E-state index >= 15 is 0 Å². The molecule has 1 saturated heterocycles. The molecule has 0 bridgehead atoms. The summed E-state index contributed by atoms with van der Waals surface area (Å²) in [6.07, 6.45) is 2.85. The van der Waals surface area contributed by atoms with Gasteiger partial charge in [0.15, 0.2) is 0 Å². The maximum absolute atomic E-state index is 13.0. The third-order valence-electron chi connectivity index (χ3n) is 4.14. The number of H-pyrrole nitrogens is 1. The van der Waals surface area contributed by atoms with Crippen molar-refractivity contribution in [2.75, 3.05) is 39.8 Å². The predicted molar refractivity (Wildman–Crippen MR) is 81.6 cm³/mol. The molecule has 112 valence electrons. The molecule has 1 aromatic heterocycles. The summed E-state index contributed by atoms with van der Waals surface area (Å²) in [5.41, 5.74) is 3.19. The Morgan fingerprint density at radius 1 is 1.14 bits per heavy atom. The topological polar surface area (TPSA) is 35.2 Å². The molecular weight excluding hydrogens is 267 g/mol. The zero-order valence-corrected chi connectivity index (χ0v) is 12.3. The van der Waals surface area contributed by atoms with Gasteiger partial charge in [-0.2, -0.15) is 5.10 Å². The Labute approximate surface area is 124 Å². The lowest BCUT2D eigenvalue weighted by molar-refractivity contribution is 0.155. The first-order chi connectivity index (χ1) is 10.2. The summed E-state index contributed by atoms with van der Waals surface area (Å²) < 4.78 is 13.0. The van der Waals surface area contributed by atoms with E-state index in [0.717, 1.165) is 50.4 Å². The molecule has 0 radical (unpaired) electrons. The molecule has 3 rings (SSSR count). The average molecular weight is 288 g/mol. The van der Waals surface area contributed by atoms with Crippen molar-refractivity contribution in [1.82, 2.24) is 20.0 Å². The molecule has 1 fully saturated rings. The number of piperazine rings is 1. The SMILES string of the molecule is CN1CCN(CCc2cn[nH]c2-c2ccc(F)cc2)CC1. The third kappa shape index (κ3) is 3.49. The molecule has 0 amide bonds. The van der Waals surface area contributed by atoms with E-state index in [-0.39, 0.29) is 5.82 Å². The van der Waals surface area contributed by atoms with Crippen LogP contribution in [-0.2, 0) is 6.42 Å². The molecule has 0 saturated carbocycles. The van der Waals surface area contributed by atoms with E-state index in [1.807, 2.05) is 6.20 Å². The molecule has 2 heterocycles. The normalized spacial score (nSPS) is 17.2. The number of rotatable bonds is 4. The molecule has 4 nitrogen and oxygen atoms in total. The highest BCUT2D eigenvalue weighted by molar-refractivity contribution is 5.62. The van der Waals surface area contributed by atoms with Crippen molar-refractivity contribution in [1.29, 1.82) is 0 Å². The lowest BCUT2D eigenvalue weighted by atomic mass is 10.1. The van der Waals surface area contributed by atoms with Crippen LogP contribution in [0.15, 0.2) is 30.5 Å². The lowest BCUT2D eigenvalue weighted by Crippen LogP contribution is -2.45. The molecule has 1 N–H and O–H groups in total. The van der Waals surface area contributed by atoms with Crippen LogP contribution in [0.1, 0.15) is 5.56 Å². The molecule has 0 unspecified atom stereocenters. The van der Waals surface area contributed by atoms with Gasteiger partial charge in [0, 0.05) is 38.3 Å². The molecular formula is C16H21FN4. The van der Waals surface area contributed by atoms with Crippen LogP contribution in [0.4, 0.5) is 4.39 Å². The zero-order valence-electron chi connectivity index (χ0n) is 12.3. The summed E-state index contributed by atoms with van der Waals surface area (Å²) in [5.74, 6) is -0.211. The van der Waals surface area contributed by atoms with E-state index in [1.165, 1.54) is 17.7 Å². The number of aromatic nitrogens is 2. The number of nitrogens with one attached hydrogen (secondary N) is 1. The Balaban J connectivity index is 1.64. The van der Waals surface area contributed by atoms with Crippen LogP contribution in [0.3, 0.4) is 0 Å². The Kier molecular flexibility index (Phi) is 4.31. The average Bonchev–Trinajstić information content (AvgIpc) is 2.96. The number of nitrogens with zero attached hydrogens (tertiary/aromatic N) is 3. The molecule has 21 heavy (non-hydrogen) atoms. The van der Waals surface area contributed by atoms with E-state index in [4.69, 9.17) is 0 Å². The second kappa shape index (κ2) is 6.37. The van der Waals surface area contributed by atoms with Gasteiger partial charge in [-0.3, -0.25) is 5.10 Å². The Morgan fingerprint density at radius 2 is 1.86 bits per heavy atom. The second-order valence-electron chi connectivity index (χ2n) is 5.67. The Morgan fingerprint density at radius 3 is 2.57 bits per heavy atom. The molecule has 1 aromatic carbocycles. The second-order valence-corrected chi connectivity index (χ2v) is 5.67. The van der Waals surface area contributed by atoms with Crippen LogP contribution in [0, 0.1) is 5.82 Å². The number of benzene rings is 1. The van der Waals surface area contributed by atoms with Gasteiger partial charge < -0.3 is 9.80 Å². The van der Waals surface area contributed by atoms with Crippen LogP contribution < -0.4 is 0 Å². The first kappa shape index (κ1) is 14.2. The summed E-state index contributed by atoms with van der Waals surface area (Å²) in [6.45, 7) is 5.56. The van der Waals surface area contributed by atoms with E-state index in [9.17, 15) is 4.39 Å². The highest BCUT2D eigenvalue weighted by atomic mass is 19.1. The first-order valence-corrected chi connectivity index (χ1v) is 7.41. The van der Waals surface area contributed by atoms with Crippen LogP contribution in [0.25, 0.3) is 11.3 Å². The van der Waals surface area contributed by atoms with Gasteiger partial charge in [0.25, 0.3) is 0 Å². The van der Waals surface area contributed by atoms with Crippen molar-refractivity contribution in [3.8, 4) is 11.3 Å². The minimum absolute atomic E-state index is 0.211. The highest BCUT2D eigenvalue weighted by Crippen LogP contribution is 2.22. The third-order valence-corrected chi connectivity index (χ3v) is 4.14. The molecule has 1 aliphatic rings. The molecule has 5 heteroatoms. The zero-order chi connectivity index (χ0) is 14.7. The van der Waals surface area contributed by atoms with Crippen molar-refractivity contribution in [2.45, 2.75) is 6.42 Å². The molecule has 1 aliphatic heterocycles. The standard InChI is InChI=1S/C16H21FN4/c1-20-8-10-21(11-9-20)7-6-14-12-18-19-16(14)13-2-4-15(17)5-3-13/h2-5,12H,6-11H2,1H3,(H,18,19). The number of hydrogen-bond donors (Lipinski definition) is 1. The summed E-state index contributed by atoms with van der Waals surface area (Å²) in [6, 6.07) is 6.56.